The molecule has 4 heteroatoms. The van der Waals surface area contributed by atoms with Gasteiger partial charge in [-0.1, -0.05) is 36.0 Å². The van der Waals surface area contributed by atoms with E-state index < -0.39 is 5.97 Å². The zero-order valence-electron chi connectivity index (χ0n) is 9.68. The monoisotopic (exact) mass is 322 g/mol. The van der Waals surface area contributed by atoms with Crippen LogP contribution < -0.4 is 0 Å². The molecule has 0 saturated carbocycles. The second-order valence-electron chi connectivity index (χ2n) is 3.79. The molecule has 1 N–H and O–H groups in total. The largest absolute Gasteiger partial charge is 0.478 e. The van der Waals surface area contributed by atoms with E-state index in [4.69, 9.17) is 0 Å². The molecule has 0 atom stereocenters. The molecule has 0 aliphatic carbocycles. The zero-order valence-corrected chi connectivity index (χ0v) is 12.1. The van der Waals surface area contributed by atoms with E-state index in [1.165, 1.54) is 11.8 Å². The number of halogens is 1. The Morgan fingerprint density at radius 1 is 1.11 bits per heavy atom. The van der Waals surface area contributed by atoms with Gasteiger partial charge < -0.3 is 5.11 Å². The molecule has 0 spiro atoms. The highest BCUT2D eigenvalue weighted by Crippen LogP contribution is 2.35. The quantitative estimate of drug-likeness (QED) is 0.896. The highest BCUT2D eigenvalue weighted by molar-refractivity contribution is 9.10. The zero-order chi connectivity index (χ0) is 13.1. The first-order valence-corrected chi connectivity index (χ1v) is 6.96. The maximum absolute atomic E-state index is 11.3. The number of rotatable bonds is 3. The second-order valence-corrected chi connectivity index (χ2v) is 5.72. The predicted octanol–water partition coefficient (Wildman–Crippen LogP) is 4.61. The Balaban J connectivity index is 2.44. The number of hydrogen-bond donors (Lipinski definition) is 1. The Bertz CT molecular complexity index is 596. The molecule has 92 valence electrons. The molecule has 0 aromatic heterocycles. The molecule has 0 fully saturated rings. The molecule has 0 amide bonds. The van der Waals surface area contributed by atoms with E-state index in [0.29, 0.717) is 10.0 Å². The third-order valence-electron chi connectivity index (χ3n) is 2.50. The van der Waals surface area contributed by atoms with E-state index in [1.54, 1.807) is 6.07 Å². The highest BCUT2D eigenvalue weighted by atomic mass is 79.9. The lowest BCUT2D eigenvalue weighted by Crippen LogP contribution is -2.00. The third-order valence-corrected chi connectivity index (χ3v) is 4.40. The number of aryl methyl sites for hydroxylation is 1. The lowest BCUT2D eigenvalue weighted by Gasteiger charge is -2.09. The number of carboxylic acids is 1. The first-order valence-electron chi connectivity index (χ1n) is 5.35. The van der Waals surface area contributed by atoms with Crippen LogP contribution in [0.4, 0.5) is 0 Å². The van der Waals surface area contributed by atoms with Crippen molar-refractivity contribution >= 4 is 33.7 Å². The van der Waals surface area contributed by atoms with Gasteiger partial charge in [0.15, 0.2) is 0 Å². The lowest BCUT2D eigenvalue weighted by molar-refractivity contribution is 0.0692. The minimum absolute atomic E-state index is 0.311. The molecule has 0 aliphatic rings. The van der Waals surface area contributed by atoms with Gasteiger partial charge in [-0.25, -0.2) is 4.79 Å². The van der Waals surface area contributed by atoms with Crippen molar-refractivity contribution in [3.05, 3.63) is 58.1 Å². The van der Waals surface area contributed by atoms with E-state index in [9.17, 15) is 9.90 Å². The van der Waals surface area contributed by atoms with Crippen LogP contribution in [0.2, 0.25) is 0 Å². The molecular formula is C14H11BrO2S. The van der Waals surface area contributed by atoms with E-state index in [0.717, 1.165) is 15.4 Å². The topological polar surface area (TPSA) is 37.3 Å². The van der Waals surface area contributed by atoms with Crippen molar-refractivity contribution in [3.8, 4) is 0 Å². The van der Waals surface area contributed by atoms with Gasteiger partial charge in [0.2, 0.25) is 0 Å². The summed E-state index contributed by atoms with van der Waals surface area (Å²) in [6.07, 6.45) is 0. The van der Waals surface area contributed by atoms with Crippen molar-refractivity contribution in [2.24, 2.45) is 0 Å². The molecular weight excluding hydrogens is 312 g/mol. The Labute approximate surface area is 118 Å². The standard InChI is InChI=1S/C14H11BrO2S/c1-9-5-2-3-7-11(9)18-12-8-4-6-10(15)13(12)14(16)17/h2-8H,1H3,(H,16,17). The van der Waals surface area contributed by atoms with Gasteiger partial charge in [0.05, 0.1) is 5.56 Å². The summed E-state index contributed by atoms with van der Waals surface area (Å²) in [4.78, 5) is 13.1. The summed E-state index contributed by atoms with van der Waals surface area (Å²) in [5.74, 6) is -0.918. The Morgan fingerprint density at radius 3 is 2.44 bits per heavy atom. The van der Waals surface area contributed by atoms with Crippen LogP contribution in [0.5, 0.6) is 0 Å². The van der Waals surface area contributed by atoms with Crippen LogP contribution in [0.15, 0.2) is 56.7 Å². The molecule has 0 unspecified atom stereocenters. The average molecular weight is 323 g/mol. The normalized spacial score (nSPS) is 10.3. The Hall–Kier alpha value is -1.26. The summed E-state index contributed by atoms with van der Waals surface area (Å²) in [7, 11) is 0. The van der Waals surface area contributed by atoms with Crippen LogP contribution in [0, 0.1) is 6.92 Å². The minimum atomic E-state index is -0.918. The van der Waals surface area contributed by atoms with Gasteiger partial charge in [-0.05, 0) is 46.6 Å². The van der Waals surface area contributed by atoms with Crippen LogP contribution in [0.3, 0.4) is 0 Å². The maximum Gasteiger partial charge on any atom is 0.338 e. The SMILES string of the molecule is Cc1ccccc1Sc1cccc(Br)c1C(=O)O. The number of aromatic carboxylic acids is 1. The van der Waals surface area contributed by atoms with Crippen molar-refractivity contribution in [2.45, 2.75) is 16.7 Å². The number of hydrogen-bond acceptors (Lipinski definition) is 2. The van der Waals surface area contributed by atoms with Gasteiger partial charge in [-0.2, -0.15) is 0 Å². The van der Waals surface area contributed by atoms with Crippen LogP contribution in [0.1, 0.15) is 15.9 Å². The van der Waals surface area contributed by atoms with Crippen molar-refractivity contribution in [1.29, 1.82) is 0 Å². The Kier molecular flexibility index (Phi) is 4.09. The lowest BCUT2D eigenvalue weighted by atomic mass is 10.2. The minimum Gasteiger partial charge on any atom is -0.478 e. The summed E-state index contributed by atoms with van der Waals surface area (Å²) in [6, 6.07) is 13.3. The summed E-state index contributed by atoms with van der Waals surface area (Å²) in [5.41, 5.74) is 1.45. The fourth-order valence-corrected chi connectivity index (χ4v) is 3.31. The molecule has 2 rings (SSSR count). The van der Waals surface area contributed by atoms with E-state index in [2.05, 4.69) is 15.9 Å². The number of carboxylic acid groups (broad SMARTS) is 1. The summed E-state index contributed by atoms with van der Waals surface area (Å²) in [6.45, 7) is 2.01. The van der Waals surface area contributed by atoms with Crippen molar-refractivity contribution in [3.63, 3.8) is 0 Å². The van der Waals surface area contributed by atoms with Gasteiger partial charge in [0.1, 0.15) is 0 Å². The van der Waals surface area contributed by atoms with Crippen LogP contribution >= 0.6 is 27.7 Å². The molecule has 2 aromatic rings. The van der Waals surface area contributed by atoms with Gasteiger partial charge in [-0.15, -0.1) is 0 Å². The van der Waals surface area contributed by atoms with Crippen molar-refractivity contribution in [1.82, 2.24) is 0 Å². The molecule has 0 bridgehead atoms. The third kappa shape index (κ3) is 2.76. The first-order chi connectivity index (χ1) is 8.59. The van der Waals surface area contributed by atoms with Crippen molar-refractivity contribution in [2.75, 3.05) is 0 Å². The van der Waals surface area contributed by atoms with Gasteiger partial charge in [0.25, 0.3) is 0 Å². The van der Waals surface area contributed by atoms with E-state index in [1.807, 2.05) is 43.3 Å². The second kappa shape index (κ2) is 5.59. The maximum atomic E-state index is 11.3. The molecule has 0 radical (unpaired) electrons. The summed E-state index contributed by atoms with van der Waals surface area (Å²) in [5, 5.41) is 9.25. The van der Waals surface area contributed by atoms with Crippen LogP contribution in [-0.4, -0.2) is 11.1 Å². The van der Waals surface area contributed by atoms with Crippen LogP contribution in [0.25, 0.3) is 0 Å². The van der Waals surface area contributed by atoms with Crippen molar-refractivity contribution < 1.29 is 9.90 Å². The summed E-state index contributed by atoms with van der Waals surface area (Å²) < 4.78 is 0.605. The fraction of sp³-hybridized carbons (Fsp3) is 0.0714. The summed E-state index contributed by atoms with van der Waals surface area (Å²) >= 11 is 4.76. The molecule has 0 aliphatic heterocycles. The molecule has 2 aromatic carbocycles. The van der Waals surface area contributed by atoms with Gasteiger partial charge in [0, 0.05) is 14.3 Å². The fourth-order valence-electron chi connectivity index (χ4n) is 1.59. The van der Waals surface area contributed by atoms with Gasteiger partial charge in [-0.3, -0.25) is 0 Å². The predicted molar refractivity (Wildman–Crippen MR) is 76.4 cm³/mol. The van der Waals surface area contributed by atoms with E-state index >= 15 is 0 Å². The highest BCUT2D eigenvalue weighted by Gasteiger charge is 2.15. The smallest absolute Gasteiger partial charge is 0.338 e. The number of benzene rings is 2. The molecule has 18 heavy (non-hydrogen) atoms. The van der Waals surface area contributed by atoms with E-state index in [-0.39, 0.29) is 0 Å². The average Bonchev–Trinajstić information content (AvgIpc) is 2.31. The van der Waals surface area contributed by atoms with Crippen LogP contribution in [-0.2, 0) is 0 Å². The van der Waals surface area contributed by atoms with Gasteiger partial charge >= 0.3 is 5.97 Å². The first kappa shape index (κ1) is 13.2. The molecule has 2 nitrogen and oxygen atoms in total. The Morgan fingerprint density at radius 2 is 1.78 bits per heavy atom. The molecule has 0 saturated heterocycles. The molecule has 0 heterocycles. The number of carbonyl (C=O) groups is 1.